The first-order chi connectivity index (χ1) is 8.61. The molecule has 1 aromatic heterocycles. The molecule has 0 bridgehead atoms. The van der Waals surface area contributed by atoms with Crippen molar-refractivity contribution in [1.29, 1.82) is 0 Å². The molecule has 0 saturated carbocycles. The van der Waals surface area contributed by atoms with Gasteiger partial charge >= 0.3 is 5.97 Å². The van der Waals surface area contributed by atoms with Crippen LogP contribution in [0.25, 0.3) is 0 Å². The lowest BCUT2D eigenvalue weighted by atomic mass is 10.3. The van der Waals surface area contributed by atoms with Crippen LogP contribution in [0.1, 0.15) is 12.8 Å². The van der Waals surface area contributed by atoms with E-state index in [0.29, 0.717) is 24.5 Å². The van der Waals surface area contributed by atoms with Gasteiger partial charge in [-0.2, -0.15) is 4.98 Å². The van der Waals surface area contributed by atoms with Crippen LogP contribution in [-0.4, -0.2) is 46.5 Å². The summed E-state index contributed by atoms with van der Waals surface area (Å²) in [6.07, 6.45) is 0.845. The SMILES string of the molecule is COC(=O)CCCNC(=O)CSc1n[nH]c(N)n1. The molecule has 18 heavy (non-hydrogen) atoms. The Kier molecular flexibility index (Phi) is 5.98. The lowest BCUT2D eigenvalue weighted by molar-refractivity contribution is -0.140. The number of aromatic nitrogens is 3. The van der Waals surface area contributed by atoms with E-state index >= 15 is 0 Å². The smallest absolute Gasteiger partial charge is 0.305 e. The van der Waals surface area contributed by atoms with Crippen LogP contribution in [0, 0.1) is 0 Å². The summed E-state index contributed by atoms with van der Waals surface area (Å²) in [6, 6.07) is 0. The number of hydrogen-bond donors (Lipinski definition) is 3. The Labute approximate surface area is 108 Å². The van der Waals surface area contributed by atoms with Gasteiger partial charge in [0, 0.05) is 13.0 Å². The summed E-state index contributed by atoms with van der Waals surface area (Å²) in [7, 11) is 1.33. The van der Waals surface area contributed by atoms with E-state index in [-0.39, 0.29) is 23.6 Å². The van der Waals surface area contributed by atoms with Crippen LogP contribution >= 0.6 is 11.8 Å². The maximum atomic E-state index is 11.4. The van der Waals surface area contributed by atoms with Gasteiger partial charge in [-0.15, -0.1) is 5.10 Å². The molecule has 0 aromatic carbocycles. The summed E-state index contributed by atoms with van der Waals surface area (Å²) in [6.45, 7) is 0.435. The lowest BCUT2D eigenvalue weighted by Gasteiger charge is -2.03. The van der Waals surface area contributed by atoms with Crippen molar-refractivity contribution in [3.8, 4) is 0 Å². The highest BCUT2D eigenvalue weighted by atomic mass is 32.2. The number of carbonyl (C=O) groups excluding carboxylic acids is 2. The fourth-order valence-electron chi connectivity index (χ4n) is 1.07. The molecule has 4 N–H and O–H groups in total. The molecule has 0 unspecified atom stereocenters. The van der Waals surface area contributed by atoms with Crippen molar-refractivity contribution < 1.29 is 14.3 Å². The second-order valence-electron chi connectivity index (χ2n) is 3.32. The van der Waals surface area contributed by atoms with Crippen LogP contribution < -0.4 is 11.1 Å². The van der Waals surface area contributed by atoms with E-state index < -0.39 is 0 Å². The van der Waals surface area contributed by atoms with E-state index in [2.05, 4.69) is 25.2 Å². The third-order valence-corrected chi connectivity index (χ3v) is 2.77. The normalized spacial score (nSPS) is 10.1. The van der Waals surface area contributed by atoms with Gasteiger partial charge in [-0.1, -0.05) is 11.8 Å². The van der Waals surface area contributed by atoms with Crippen molar-refractivity contribution in [2.24, 2.45) is 0 Å². The quantitative estimate of drug-likeness (QED) is 0.349. The van der Waals surface area contributed by atoms with E-state index in [1.165, 1.54) is 18.9 Å². The Morgan fingerprint density at radius 1 is 1.56 bits per heavy atom. The summed E-state index contributed by atoms with van der Waals surface area (Å²) >= 11 is 1.18. The molecule has 1 aromatic rings. The van der Waals surface area contributed by atoms with Gasteiger partial charge < -0.3 is 15.8 Å². The summed E-state index contributed by atoms with van der Waals surface area (Å²) < 4.78 is 4.48. The Balaban J connectivity index is 2.09. The summed E-state index contributed by atoms with van der Waals surface area (Å²) in [5, 5.41) is 9.36. The summed E-state index contributed by atoms with van der Waals surface area (Å²) in [5.74, 6) is -0.00533. The number of rotatable bonds is 7. The molecule has 0 spiro atoms. The zero-order valence-electron chi connectivity index (χ0n) is 9.93. The second kappa shape index (κ2) is 7.54. The number of H-pyrrole nitrogens is 1. The number of ether oxygens (including phenoxy) is 1. The monoisotopic (exact) mass is 273 g/mol. The first kappa shape index (κ1) is 14.3. The van der Waals surface area contributed by atoms with Crippen molar-refractivity contribution in [2.45, 2.75) is 18.0 Å². The first-order valence-corrected chi connectivity index (χ1v) is 6.24. The average molecular weight is 273 g/mol. The highest BCUT2D eigenvalue weighted by Crippen LogP contribution is 2.11. The fraction of sp³-hybridized carbons (Fsp3) is 0.556. The lowest BCUT2D eigenvalue weighted by Crippen LogP contribution is -2.26. The molecule has 8 nitrogen and oxygen atoms in total. The minimum absolute atomic E-state index is 0.145. The van der Waals surface area contributed by atoms with Crippen LogP contribution in [0.15, 0.2) is 5.16 Å². The molecular weight excluding hydrogens is 258 g/mol. The predicted molar refractivity (Wildman–Crippen MR) is 65.8 cm³/mol. The second-order valence-corrected chi connectivity index (χ2v) is 4.26. The number of amides is 1. The maximum Gasteiger partial charge on any atom is 0.305 e. The third-order valence-electron chi connectivity index (χ3n) is 1.92. The number of methoxy groups -OCH3 is 1. The Morgan fingerprint density at radius 2 is 2.33 bits per heavy atom. The Hall–Kier alpha value is -1.77. The molecule has 1 heterocycles. The minimum Gasteiger partial charge on any atom is -0.469 e. The minimum atomic E-state index is -0.283. The number of nitrogens with one attached hydrogen (secondary N) is 2. The summed E-state index contributed by atoms with van der Waals surface area (Å²) in [4.78, 5) is 26.0. The number of nitrogen functional groups attached to an aromatic ring is 1. The molecular formula is C9H15N5O3S. The number of aromatic amines is 1. The standard InChI is InChI=1S/C9H15N5O3S/c1-17-7(16)3-2-4-11-6(15)5-18-9-12-8(10)13-14-9/h2-5H2,1H3,(H,11,15)(H3,10,12,13,14). The molecule has 0 fully saturated rings. The van der Waals surface area contributed by atoms with Crippen molar-refractivity contribution in [3.05, 3.63) is 0 Å². The van der Waals surface area contributed by atoms with Crippen LogP contribution in [0.4, 0.5) is 5.95 Å². The van der Waals surface area contributed by atoms with Gasteiger partial charge in [-0.3, -0.25) is 9.59 Å². The van der Waals surface area contributed by atoms with Crippen LogP contribution in [-0.2, 0) is 14.3 Å². The Morgan fingerprint density at radius 3 is 2.94 bits per heavy atom. The van der Waals surface area contributed by atoms with Crippen LogP contribution in [0.2, 0.25) is 0 Å². The number of hydrogen-bond acceptors (Lipinski definition) is 7. The number of carbonyl (C=O) groups is 2. The third kappa shape index (κ3) is 5.53. The van der Waals surface area contributed by atoms with Crippen molar-refractivity contribution in [1.82, 2.24) is 20.5 Å². The van der Waals surface area contributed by atoms with Crippen molar-refractivity contribution in [2.75, 3.05) is 25.1 Å². The largest absolute Gasteiger partial charge is 0.469 e. The van der Waals surface area contributed by atoms with Gasteiger partial charge in [0.25, 0.3) is 0 Å². The van der Waals surface area contributed by atoms with E-state index in [1.54, 1.807) is 0 Å². The molecule has 0 aliphatic heterocycles. The number of nitrogens with zero attached hydrogens (tertiary/aromatic N) is 2. The number of nitrogens with two attached hydrogens (primary N) is 1. The van der Waals surface area contributed by atoms with Crippen LogP contribution in [0.5, 0.6) is 0 Å². The molecule has 0 aliphatic rings. The molecule has 0 aliphatic carbocycles. The molecule has 0 saturated heterocycles. The molecule has 0 radical (unpaired) electrons. The molecule has 1 amide bonds. The van der Waals surface area contributed by atoms with E-state index in [1.807, 2.05) is 0 Å². The Bertz CT molecular complexity index is 409. The van der Waals surface area contributed by atoms with E-state index in [9.17, 15) is 9.59 Å². The molecule has 100 valence electrons. The topological polar surface area (TPSA) is 123 Å². The van der Waals surface area contributed by atoms with E-state index in [0.717, 1.165) is 0 Å². The van der Waals surface area contributed by atoms with Gasteiger partial charge in [0.05, 0.1) is 12.9 Å². The number of esters is 1. The zero-order valence-corrected chi connectivity index (χ0v) is 10.7. The fourth-order valence-corrected chi connectivity index (χ4v) is 1.70. The number of anilines is 1. The maximum absolute atomic E-state index is 11.4. The number of thioether (sulfide) groups is 1. The van der Waals surface area contributed by atoms with E-state index in [4.69, 9.17) is 5.73 Å². The van der Waals surface area contributed by atoms with Crippen molar-refractivity contribution >= 4 is 29.6 Å². The first-order valence-electron chi connectivity index (χ1n) is 5.26. The van der Waals surface area contributed by atoms with Gasteiger partial charge in [-0.25, -0.2) is 5.10 Å². The zero-order chi connectivity index (χ0) is 13.4. The van der Waals surface area contributed by atoms with Gasteiger partial charge in [-0.05, 0) is 6.42 Å². The molecule has 1 rings (SSSR count). The predicted octanol–water partition coefficient (Wildman–Crippen LogP) is -0.452. The highest BCUT2D eigenvalue weighted by Gasteiger charge is 2.06. The molecule has 9 heteroatoms. The highest BCUT2D eigenvalue weighted by molar-refractivity contribution is 7.99. The molecule has 0 atom stereocenters. The van der Waals surface area contributed by atoms with Gasteiger partial charge in [0.15, 0.2) is 0 Å². The average Bonchev–Trinajstić information content (AvgIpc) is 2.77. The summed E-state index contributed by atoms with van der Waals surface area (Å²) in [5.41, 5.74) is 5.34. The van der Waals surface area contributed by atoms with Crippen LogP contribution in [0.3, 0.4) is 0 Å². The van der Waals surface area contributed by atoms with Gasteiger partial charge in [0.2, 0.25) is 17.0 Å². The van der Waals surface area contributed by atoms with Crippen molar-refractivity contribution in [3.63, 3.8) is 0 Å². The van der Waals surface area contributed by atoms with Gasteiger partial charge in [0.1, 0.15) is 0 Å².